The van der Waals surface area contributed by atoms with Crippen molar-refractivity contribution >= 4 is 17.3 Å². The van der Waals surface area contributed by atoms with Gasteiger partial charge in [-0.2, -0.15) is 0 Å². The number of carboxylic acid groups (broad SMARTS) is 1. The number of carbonyl (C=O) groups is 1. The van der Waals surface area contributed by atoms with Crippen LogP contribution in [0.1, 0.15) is 27.8 Å². The van der Waals surface area contributed by atoms with Crippen LogP contribution in [0.5, 0.6) is 5.75 Å². The third-order valence-corrected chi connectivity index (χ3v) is 5.13. The quantitative estimate of drug-likeness (QED) is 0.671. The van der Waals surface area contributed by atoms with Crippen molar-refractivity contribution in [3.63, 3.8) is 0 Å². The number of benzene rings is 2. The first-order chi connectivity index (χ1) is 12.5. The lowest BCUT2D eigenvalue weighted by Crippen LogP contribution is -2.09. The molecule has 0 aliphatic carbocycles. The number of carboxylic acids is 1. The third kappa shape index (κ3) is 3.91. The maximum absolute atomic E-state index is 13.2. The van der Waals surface area contributed by atoms with Crippen molar-refractivity contribution in [1.29, 1.82) is 0 Å². The van der Waals surface area contributed by atoms with Gasteiger partial charge in [0.15, 0.2) is 0 Å². The summed E-state index contributed by atoms with van der Waals surface area (Å²) in [7, 11) is 1.56. The number of hydrogen-bond acceptors (Lipinski definition) is 4. The average Bonchev–Trinajstić information content (AvgIpc) is 3.06. The monoisotopic (exact) mass is 371 g/mol. The van der Waals surface area contributed by atoms with Gasteiger partial charge in [0, 0.05) is 16.6 Å². The number of aryl methyl sites for hydroxylation is 1. The number of aliphatic carboxylic acids is 1. The number of halogens is 1. The Bertz CT molecular complexity index is 921. The molecular formula is C20H18FNO3S. The lowest BCUT2D eigenvalue weighted by Gasteiger charge is -2.18. The zero-order valence-electron chi connectivity index (χ0n) is 14.4. The fourth-order valence-corrected chi connectivity index (χ4v) is 3.76. The highest BCUT2D eigenvalue weighted by molar-refractivity contribution is 7.11. The summed E-state index contributed by atoms with van der Waals surface area (Å²) in [6, 6.07) is 11.8. The number of nitrogens with zero attached hydrogens (tertiary/aromatic N) is 1. The Morgan fingerprint density at radius 2 is 1.92 bits per heavy atom. The summed E-state index contributed by atoms with van der Waals surface area (Å²) in [6.07, 6.45) is 1.65. The van der Waals surface area contributed by atoms with E-state index in [2.05, 4.69) is 4.98 Å². The average molecular weight is 371 g/mol. The molecular weight excluding hydrogens is 353 g/mol. The number of thiazole rings is 1. The second-order valence-electron chi connectivity index (χ2n) is 5.92. The summed E-state index contributed by atoms with van der Waals surface area (Å²) >= 11 is 1.48. The number of methoxy groups -OCH3 is 1. The van der Waals surface area contributed by atoms with E-state index in [0.717, 1.165) is 26.6 Å². The van der Waals surface area contributed by atoms with E-state index >= 15 is 0 Å². The van der Waals surface area contributed by atoms with Crippen molar-refractivity contribution < 1.29 is 19.0 Å². The van der Waals surface area contributed by atoms with Gasteiger partial charge in [0.05, 0.1) is 19.4 Å². The Morgan fingerprint density at radius 1 is 1.23 bits per heavy atom. The van der Waals surface area contributed by atoms with Crippen molar-refractivity contribution in [3.8, 4) is 16.9 Å². The van der Waals surface area contributed by atoms with Crippen molar-refractivity contribution in [1.82, 2.24) is 4.98 Å². The molecule has 0 saturated heterocycles. The van der Waals surface area contributed by atoms with Crippen LogP contribution in [0.25, 0.3) is 11.1 Å². The molecule has 26 heavy (non-hydrogen) atoms. The minimum atomic E-state index is -0.905. The zero-order chi connectivity index (χ0) is 18.7. The largest absolute Gasteiger partial charge is 0.496 e. The van der Waals surface area contributed by atoms with Crippen LogP contribution in [0.15, 0.2) is 48.7 Å². The van der Waals surface area contributed by atoms with E-state index in [4.69, 9.17) is 4.74 Å². The van der Waals surface area contributed by atoms with E-state index in [0.29, 0.717) is 5.75 Å². The van der Waals surface area contributed by atoms with Gasteiger partial charge in [-0.15, -0.1) is 11.3 Å². The molecule has 3 rings (SSSR count). The smallest absolute Gasteiger partial charge is 0.304 e. The van der Waals surface area contributed by atoms with Gasteiger partial charge >= 0.3 is 5.97 Å². The number of ether oxygens (including phenoxy) is 1. The molecule has 0 bridgehead atoms. The maximum Gasteiger partial charge on any atom is 0.304 e. The molecule has 1 atom stereocenters. The Balaban J connectivity index is 2.11. The lowest BCUT2D eigenvalue weighted by molar-refractivity contribution is -0.137. The predicted octanol–water partition coefficient (Wildman–Crippen LogP) is 4.87. The molecule has 0 radical (unpaired) electrons. The molecule has 1 N–H and O–H groups in total. The molecule has 0 saturated carbocycles. The van der Waals surface area contributed by atoms with Crippen molar-refractivity contribution in [2.75, 3.05) is 7.11 Å². The van der Waals surface area contributed by atoms with Crippen LogP contribution >= 0.6 is 11.3 Å². The van der Waals surface area contributed by atoms with Crippen LogP contribution in [-0.4, -0.2) is 23.2 Å². The van der Waals surface area contributed by atoms with E-state index in [9.17, 15) is 14.3 Å². The van der Waals surface area contributed by atoms with E-state index in [1.165, 1.54) is 23.5 Å². The molecule has 0 aliphatic heterocycles. The standard InChI is InChI=1S/C20H18FNO3S/c1-12-11-22-20(26-12)17(10-19(23)24)16-9-14(5-8-18(16)25-2)13-3-6-15(21)7-4-13/h3-9,11,17H,10H2,1-2H3,(H,23,24). The summed E-state index contributed by atoms with van der Waals surface area (Å²) < 4.78 is 18.7. The van der Waals surface area contributed by atoms with Crippen LogP contribution < -0.4 is 4.74 Å². The highest BCUT2D eigenvalue weighted by Crippen LogP contribution is 2.38. The predicted molar refractivity (Wildman–Crippen MR) is 99.3 cm³/mol. The molecule has 0 aliphatic rings. The molecule has 1 aromatic heterocycles. The van der Waals surface area contributed by atoms with E-state index in [-0.39, 0.29) is 12.2 Å². The van der Waals surface area contributed by atoms with Gasteiger partial charge in [-0.25, -0.2) is 9.37 Å². The van der Waals surface area contributed by atoms with Crippen LogP contribution in [0.2, 0.25) is 0 Å². The molecule has 6 heteroatoms. The fourth-order valence-electron chi connectivity index (χ4n) is 2.87. The first-order valence-corrected chi connectivity index (χ1v) is 8.87. The normalized spacial score (nSPS) is 12.0. The SMILES string of the molecule is COc1ccc(-c2ccc(F)cc2)cc1C(CC(=O)O)c1ncc(C)s1. The zero-order valence-corrected chi connectivity index (χ0v) is 15.2. The molecule has 3 aromatic rings. The molecule has 4 nitrogen and oxygen atoms in total. The van der Waals surface area contributed by atoms with Crippen LogP contribution in [-0.2, 0) is 4.79 Å². The molecule has 1 unspecified atom stereocenters. The Hall–Kier alpha value is -2.73. The van der Waals surface area contributed by atoms with Crippen LogP contribution in [0.3, 0.4) is 0 Å². The first-order valence-electron chi connectivity index (χ1n) is 8.06. The molecule has 134 valence electrons. The van der Waals surface area contributed by atoms with E-state index in [1.54, 1.807) is 25.4 Å². The van der Waals surface area contributed by atoms with Gasteiger partial charge in [-0.3, -0.25) is 4.79 Å². The highest BCUT2D eigenvalue weighted by atomic mass is 32.1. The summed E-state index contributed by atoms with van der Waals surface area (Å²) in [6.45, 7) is 1.94. The van der Waals surface area contributed by atoms with Crippen LogP contribution in [0, 0.1) is 12.7 Å². The van der Waals surface area contributed by atoms with E-state index in [1.807, 2.05) is 25.1 Å². The Labute approximate surface area is 154 Å². The second kappa shape index (κ2) is 7.66. The maximum atomic E-state index is 13.2. The lowest BCUT2D eigenvalue weighted by atomic mass is 9.92. The van der Waals surface area contributed by atoms with Gasteiger partial charge in [0.1, 0.15) is 16.6 Å². The molecule has 0 amide bonds. The summed E-state index contributed by atoms with van der Waals surface area (Å²) in [5.41, 5.74) is 2.47. The van der Waals surface area contributed by atoms with Gasteiger partial charge in [0.25, 0.3) is 0 Å². The second-order valence-corrected chi connectivity index (χ2v) is 7.19. The number of aromatic nitrogens is 1. The number of rotatable bonds is 6. The van der Waals surface area contributed by atoms with Crippen molar-refractivity contribution in [2.24, 2.45) is 0 Å². The minimum absolute atomic E-state index is 0.0871. The molecule has 2 aromatic carbocycles. The van der Waals surface area contributed by atoms with Crippen LogP contribution in [0.4, 0.5) is 4.39 Å². The highest BCUT2D eigenvalue weighted by Gasteiger charge is 2.24. The summed E-state index contributed by atoms with van der Waals surface area (Å²) in [5.74, 6) is -1.02. The van der Waals surface area contributed by atoms with Gasteiger partial charge < -0.3 is 9.84 Å². The topological polar surface area (TPSA) is 59.4 Å². The third-order valence-electron chi connectivity index (χ3n) is 4.10. The molecule has 0 spiro atoms. The fraction of sp³-hybridized carbons (Fsp3) is 0.200. The first kappa shape index (κ1) is 18.1. The number of hydrogen-bond donors (Lipinski definition) is 1. The van der Waals surface area contributed by atoms with Gasteiger partial charge in [0.2, 0.25) is 0 Å². The molecule has 1 heterocycles. The van der Waals surface area contributed by atoms with Crippen molar-refractivity contribution in [2.45, 2.75) is 19.3 Å². The summed E-state index contributed by atoms with van der Waals surface area (Å²) in [5, 5.41) is 10.1. The minimum Gasteiger partial charge on any atom is -0.496 e. The van der Waals surface area contributed by atoms with Gasteiger partial charge in [-0.05, 0) is 42.3 Å². The molecule has 0 fully saturated rings. The Morgan fingerprint density at radius 3 is 2.50 bits per heavy atom. The van der Waals surface area contributed by atoms with E-state index < -0.39 is 11.9 Å². The summed E-state index contributed by atoms with van der Waals surface area (Å²) in [4.78, 5) is 16.9. The Kier molecular flexibility index (Phi) is 5.32. The van der Waals surface area contributed by atoms with Crippen molar-refractivity contribution in [3.05, 3.63) is 69.9 Å². The van der Waals surface area contributed by atoms with Gasteiger partial charge in [-0.1, -0.05) is 18.2 Å².